The SMILES string of the molecule is CCc1ccc(-n2cnc3cnc(NC4CCC(C(N)=O)C4)nc32)cc1F. The number of nitrogens with zero attached hydrogens (tertiary/aromatic N) is 4. The lowest BCUT2D eigenvalue weighted by Crippen LogP contribution is -2.23. The fourth-order valence-electron chi connectivity index (χ4n) is 3.59. The van der Waals surface area contributed by atoms with Crippen LogP contribution in [0.3, 0.4) is 0 Å². The van der Waals surface area contributed by atoms with Crippen molar-refractivity contribution in [3.8, 4) is 5.69 Å². The number of hydrogen-bond acceptors (Lipinski definition) is 5. The lowest BCUT2D eigenvalue weighted by atomic mass is 10.1. The second kappa shape index (κ2) is 6.94. The summed E-state index contributed by atoms with van der Waals surface area (Å²) in [6.07, 6.45) is 6.19. The highest BCUT2D eigenvalue weighted by atomic mass is 19.1. The van der Waals surface area contributed by atoms with Crippen molar-refractivity contribution >= 4 is 23.0 Å². The molecule has 0 radical (unpaired) electrons. The predicted octanol–water partition coefficient (Wildman–Crippen LogP) is 2.58. The van der Waals surface area contributed by atoms with E-state index in [1.807, 2.05) is 13.0 Å². The van der Waals surface area contributed by atoms with Crippen molar-refractivity contribution in [2.45, 2.75) is 38.6 Å². The first-order valence-electron chi connectivity index (χ1n) is 9.10. The molecule has 1 aliphatic carbocycles. The van der Waals surface area contributed by atoms with Crippen LogP contribution in [0.5, 0.6) is 0 Å². The zero-order valence-corrected chi connectivity index (χ0v) is 15.0. The molecule has 3 aromatic rings. The summed E-state index contributed by atoms with van der Waals surface area (Å²) >= 11 is 0. The zero-order chi connectivity index (χ0) is 19.0. The van der Waals surface area contributed by atoms with E-state index >= 15 is 0 Å². The van der Waals surface area contributed by atoms with Gasteiger partial charge in [-0.05, 0) is 43.4 Å². The second-order valence-electron chi connectivity index (χ2n) is 6.90. The average Bonchev–Trinajstić information content (AvgIpc) is 3.28. The maximum Gasteiger partial charge on any atom is 0.224 e. The van der Waals surface area contributed by atoms with Crippen molar-refractivity contribution in [2.75, 3.05) is 5.32 Å². The molecule has 3 N–H and O–H groups in total. The zero-order valence-electron chi connectivity index (χ0n) is 15.0. The maximum absolute atomic E-state index is 14.2. The second-order valence-corrected chi connectivity index (χ2v) is 6.90. The molecule has 1 fully saturated rings. The Balaban J connectivity index is 1.62. The van der Waals surface area contributed by atoms with Crippen LogP contribution in [0.2, 0.25) is 0 Å². The average molecular weight is 368 g/mol. The molecule has 2 atom stereocenters. The number of carbonyl (C=O) groups is 1. The molecule has 1 aliphatic rings. The highest BCUT2D eigenvalue weighted by Gasteiger charge is 2.28. The Morgan fingerprint density at radius 1 is 1.37 bits per heavy atom. The summed E-state index contributed by atoms with van der Waals surface area (Å²) in [4.78, 5) is 24.5. The van der Waals surface area contributed by atoms with Gasteiger partial charge in [0.1, 0.15) is 17.7 Å². The lowest BCUT2D eigenvalue weighted by Gasteiger charge is -2.12. The standard InChI is InChI=1S/C19H21FN6O/c1-2-11-4-6-14(8-15(11)20)26-10-23-16-9-22-19(25-18(16)26)24-13-5-3-12(7-13)17(21)27/h4,6,8-10,12-13H,2-3,5,7H2,1H3,(H2,21,27)(H,22,24,25). The van der Waals surface area contributed by atoms with Gasteiger partial charge < -0.3 is 11.1 Å². The van der Waals surface area contributed by atoms with Crippen molar-refractivity contribution in [3.05, 3.63) is 42.1 Å². The van der Waals surface area contributed by atoms with E-state index in [4.69, 9.17) is 5.73 Å². The number of amides is 1. The Morgan fingerprint density at radius 3 is 2.93 bits per heavy atom. The van der Waals surface area contributed by atoms with E-state index in [-0.39, 0.29) is 23.7 Å². The van der Waals surface area contributed by atoms with Gasteiger partial charge in [0, 0.05) is 12.0 Å². The summed E-state index contributed by atoms with van der Waals surface area (Å²) in [5.74, 6) is -0.138. The van der Waals surface area contributed by atoms with Crippen molar-refractivity contribution in [3.63, 3.8) is 0 Å². The van der Waals surface area contributed by atoms with E-state index in [1.165, 1.54) is 6.07 Å². The molecule has 0 saturated heterocycles. The molecule has 2 aromatic heterocycles. The molecule has 8 heteroatoms. The molecule has 2 heterocycles. The van der Waals surface area contributed by atoms with Crippen LogP contribution in [0.15, 0.2) is 30.7 Å². The maximum atomic E-state index is 14.2. The Hall–Kier alpha value is -3.03. The normalized spacial score (nSPS) is 19.5. The van der Waals surface area contributed by atoms with Crippen LogP contribution in [0, 0.1) is 11.7 Å². The minimum Gasteiger partial charge on any atom is -0.369 e. The number of rotatable bonds is 5. The summed E-state index contributed by atoms with van der Waals surface area (Å²) in [6, 6.07) is 5.23. The van der Waals surface area contributed by atoms with Gasteiger partial charge in [-0.2, -0.15) is 4.98 Å². The van der Waals surface area contributed by atoms with Crippen LogP contribution < -0.4 is 11.1 Å². The Labute approximate surface area is 155 Å². The van der Waals surface area contributed by atoms with Gasteiger partial charge in [-0.3, -0.25) is 9.36 Å². The van der Waals surface area contributed by atoms with E-state index < -0.39 is 0 Å². The van der Waals surface area contributed by atoms with Gasteiger partial charge >= 0.3 is 0 Å². The lowest BCUT2D eigenvalue weighted by molar-refractivity contribution is -0.121. The van der Waals surface area contributed by atoms with Gasteiger partial charge in [0.05, 0.1) is 11.9 Å². The van der Waals surface area contributed by atoms with Gasteiger partial charge in [0.15, 0.2) is 5.65 Å². The molecule has 1 aromatic carbocycles. The minimum absolute atomic E-state index is 0.100. The number of carbonyl (C=O) groups excluding carboxylic acids is 1. The van der Waals surface area contributed by atoms with Crippen LogP contribution in [0.25, 0.3) is 16.9 Å². The molecule has 140 valence electrons. The molecule has 0 spiro atoms. The van der Waals surface area contributed by atoms with Gasteiger partial charge in [-0.1, -0.05) is 13.0 Å². The summed E-state index contributed by atoms with van der Waals surface area (Å²) in [7, 11) is 0. The topological polar surface area (TPSA) is 98.7 Å². The van der Waals surface area contributed by atoms with Crippen LogP contribution in [0.1, 0.15) is 31.7 Å². The highest BCUT2D eigenvalue weighted by Crippen LogP contribution is 2.27. The number of fused-ring (bicyclic) bond motifs is 1. The largest absolute Gasteiger partial charge is 0.369 e. The first-order valence-corrected chi connectivity index (χ1v) is 9.10. The molecular weight excluding hydrogens is 347 g/mol. The number of imidazole rings is 1. The third kappa shape index (κ3) is 3.34. The number of hydrogen-bond donors (Lipinski definition) is 2. The summed E-state index contributed by atoms with van der Waals surface area (Å²) in [6.45, 7) is 1.92. The van der Waals surface area contributed by atoms with Crippen molar-refractivity contribution in [1.29, 1.82) is 0 Å². The Bertz CT molecular complexity index is 1000. The van der Waals surface area contributed by atoms with Crippen molar-refractivity contribution in [2.24, 2.45) is 11.7 Å². The van der Waals surface area contributed by atoms with E-state index in [0.717, 1.165) is 12.8 Å². The number of aromatic nitrogens is 4. The smallest absolute Gasteiger partial charge is 0.224 e. The first kappa shape index (κ1) is 17.4. The number of anilines is 1. The van der Waals surface area contributed by atoms with Crippen LogP contribution >= 0.6 is 0 Å². The number of nitrogens with one attached hydrogen (secondary N) is 1. The number of aryl methyl sites for hydroxylation is 1. The van der Waals surface area contributed by atoms with Crippen molar-refractivity contribution < 1.29 is 9.18 Å². The van der Waals surface area contributed by atoms with Gasteiger partial charge in [0.25, 0.3) is 0 Å². The molecule has 27 heavy (non-hydrogen) atoms. The number of nitrogens with two attached hydrogens (primary N) is 1. The number of primary amides is 1. The summed E-state index contributed by atoms with van der Waals surface area (Å²) in [5, 5.41) is 3.27. The van der Waals surface area contributed by atoms with Gasteiger partial charge in [-0.15, -0.1) is 0 Å². The Morgan fingerprint density at radius 2 is 2.22 bits per heavy atom. The van der Waals surface area contributed by atoms with Crippen LogP contribution in [-0.4, -0.2) is 31.5 Å². The van der Waals surface area contributed by atoms with Crippen LogP contribution in [0.4, 0.5) is 10.3 Å². The van der Waals surface area contributed by atoms with E-state index in [1.54, 1.807) is 23.2 Å². The molecule has 7 nitrogen and oxygen atoms in total. The quantitative estimate of drug-likeness (QED) is 0.721. The third-order valence-electron chi connectivity index (χ3n) is 5.15. The highest BCUT2D eigenvalue weighted by molar-refractivity contribution is 5.77. The van der Waals surface area contributed by atoms with Gasteiger partial charge in [-0.25, -0.2) is 14.4 Å². The van der Waals surface area contributed by atoms with E-state index in [0.29, 0.717) is 41.2 Å². The predicted molar refractivity (Wildman–Crippen MR) is 99.9 cm³/mol. The molecule has 4 rings (SSSR count). The Kier molecular flexibility index (Phi) is 4.47. The molecule has 1 amide bonds. The minimum atomic E-state index is -0.258. The van der Waals surface area contributed by atoms with Crippen molar-refractivity contribution in [1.82, 2.24) is 19.5 Å². The van der Waals surface area contributed by atoms with Crippen LogP contribution in [-0.2, 0) is 11.2 Å². The fraction of sp³-hybridized carbons (Fsp3) is 0.368. The number of halogens is 1. The van der Waals surface area contributed by atoms with E-state index in [2.05, 4.69) is 20.3 Å². The first-order chi connectivity index (χ1) is 13.0. The molecular formula is C19H21FN6O. The van der Waals surface area contributed by atoms with Gasteiger partial charge in [0.2, 0.25) is 11.9 Å². The number of benzene rings is 1. The molecule has 1 saturated carbocycles. The summed E-state index contributed by atoms with van der Waals surface area (Å²) < 4.78 is 15.9. The van der Waals surface area contributed by atoms with E-state index in [9.17, 15) is 9.18 Å². The fourth-order valence-corrected chi connectivity index (χ4v) is 3.59. The monoisotopic (exact) mass is 368 g/mol. The molecule has 0 aliphatic heterocycles. The summed E-state index contributed by atoms with van der Waals surface area (Å²) in [5.41, 5.74) is 7.95. The molecule has 2 unspecified atom stereocenters. The third-order valence-corrected chi connectivity index (χ3v) is 5.15. The molecule has 0 bridgehead atoms.